The van der Waals surface area contributed by atoms with E-state index in [1.165, 1.54) is 0 Å². The Morgan fingerprint density at radius 2 is 1.92 bits per heavy atom. The molecule has 0 aliphatic carbocycles. The Labute approximate surface area is 154 Å². The summed E-state index contributed by atoms with van der Waals surface area (Å²) in [5.74, 6) is 1.23. The summed E-state index contributed by atoms with van der Waals surface area (Å²) in [5, 5.41) is 6.11. The van der Waals surface area contributed by atoms with Crippen molar-refractivity contribution in [2.75, 3.05) is 11.9 Å². The van der Waals surface area contributed by atoms with E-state index < -0.39 is 0 Å². The predicted molar refractivity (Wildman–Crippen MR) is 99.5 cm³/mol. The number of rotatable bonds is 4. The summed E-state index contributed by atoms with van der Waals surface area (Å²) in [6, 6.07) is 12.9. The van der Waals surface area contributed by atoms with Crippen LogP contribution in [0.4, 0.5) is 5.69 Å². The summed E-state index contributed by atoms with van der Waals surface area (Å²) in [6.07, 6.45) is 4.72. The van der Waals surface area contributed by atoms with Gasteiger partial charge >= 0.3 is 0 Å². The van der Waals surface area contributed by atoms with Crippen LogP contribution in [0.1, 0.15) is 19.3 Å². The van der Waals surface area contributed by atoms with Gasteiger partial charge < -0.3 is 15.4 Å². The van der Waals surface area contributed by atoms with E-state index in [2.05, 4.69) is 15.6 Å². The second-order valence-electron chi connectivity index (χ2n) is 5.29. The summed E-state index contributed by atoms with van der Waals surface area (Å²) in [7, 11) is 0. The van der Waals surface area contributed by atoms with Gasteiger partial charge in [-0.15, -0.1) is 24.8 Å². The van der Waals surface area contributed by atoms with Gasteiger partial charge in [-0.2, -0.15) is 0 Å². The Kier molecular flexibility index (Phi) is 8.54. The standard InChI is InChI=1S/C17H19N3O2.2ClH/c21-17(15-8-4-5-11-18-15)20-13-9-10-16(19-12-13)22-14-6-2-1-3-7-14;;/h1-3,6-7,9-10,12,15,18H,4-5,8,11H2,(H,20,21);2*1H/t15-;;/m1../s1. The highest BCUT2D eigenvalue weighted by atomic mass is 35.5. The maximum atomic E-state index is 12.1. The number of carbonyl (C=O) groups excluding carboxylic acids is 1. The molecule has 2 heterocycles. The van der Waals surface area contributed by atoms with Crippen LogP contribution < -0.4 is 15.4 Å². The molecule has 0 bridgehead atoms. The van der Waals surface area contributed by atoms with Crippen molar-refractivity contribution < 1.29 is 9.53 Å². The Hall–Kier alpha value is -1.82. The topological polar surface area (TPSA) is 63.2 Å². The number of para-hydroxylation sites is 1. The molecule has 1 aliphatic rings. The van der Waals surface area contributed by atoms with Crippen LogP contribution in [0.25, 0.3) is 0 Å². The maximum Gasteiger partial charge on any atom is 0.241 e. The lowest BCUT2D eigenvalue weighted by atomic mass is 10.0. The molecule has 2 aromatic rings. The van der Waals surface area contributed by atoms with Crippen LogP contribution in [-0.4, -0.2) is 23.5 Å². The first-order valence-electron chi connectivity index (χ1n) is 7.54. The number of amides is 1. The molecular formula is C17H21Cl2N3O2. The van der Waals surface area contributed by atoms with Gasteiger partial charge in [-0.3, -0.25) is 4.79 Å². The van der Waals surface area contributed by atoms with Crippen molar-refractivity contribution in [1.29, 1.82) is 0 Å². The van der Waals surface area contributed by atoms with Gasteiger partial charge in [0.15, 0.2) is 0 Å². The first-order valence-corrected chi connectivity index (χ1v) is 7.54. The molecule has 2 N–H and O–H groups in total. The van der Waals surface area contributed by atoms with Crippen LogP contribution in [0.3, 0.4) is 0 Å². The minimum Gasteiger partial charge on any atom is -0.439 e. The van der Waals surface area contributed by atoms with Crippen LogP contribution in [-0.2, 0) is 4.79 Å². The van der Waals surface area contributed by atoms with E-state index in [0.29, 0.717) is 11.6 Å². The maximum absolute atomic E-state index is 12.1. The van der Waals surface area contributed by atoms with Gasteiger partial charge in [-0.05, 0) is 37.6 Å². The second kappa shape index (κ2) is 10.1. The third-order valence-corrected chi connectivity index (χ3v) is 3.60. The highest BCUT2D eigenvalue weighted by Crippen LogP contribution is 2.20. The van der Waals surface area contributed by atoms with E-state index in [9.17, 15) is 4.79 Å². The second-order valence-corrected chi connectivity index (χ2v) is 5.29. The molecular weight excluding hydrogens is 349 g/mol. The SMILES string of the molecule is Cl.Cl.O=C(Nc1ccc(Oc2ccccc2)nc1)[C@H]1CCCCN1. The molecule has 1 amide bonds. The van der Waals surface area contributed by atoms with Crippen molar-refractivity contribution in [3.05, 3.63) is 48.7 Å². The van der Waals surface area contributed by atoms with Crippen molar-refractivity contribution in [2.24, 2.45) is 0 Å². The van der Waals surface area contributed by atoms with Gasteiger partial charge in [0.1, 0.15) is 5.75 Å². The van der Waals surface area contributed by atoms with Gasteiger partial charge in [0.05, 0.1) is 17.9 Å². The first-order chi connectivity index (χ1) is 10.8. The average molecular weight is 370 g/mol. The number of ether oxygens (including phenoxy) is 1. The zero-order chi connectivity index (χ0) is 15.2. The van der Waals surface area contributed by atoms with Crippen LogP contribution in [0.5, 0.6) is 11.6 Å². The third kappa shape index (κ3) is 5.67. The molecule has 0 saturated carbocycles. The molecule has 1 fully saturated rings. The van der Waals surface area contributed by atoms with Gasteiger partial charge in [0, 0.05) is 6.07 Å². The molecule has 0 spiro atoms. The Morgan fingerprint density at radius 1 is 1.12 bits per heavy atom. The summed E-state index contributed by atoms with van der Waals surface area (Å²) >= 11 is 0. The van der Waals surface area contributed by atoms with Crippen LogP contribution in [0.2, 0.25) is 0 Å². The highest BCUT2D eigenvalue weighted by molar-refractivity contribution is 5.94. The summed E-state index contributed by atoms with van der Waals surface area (Å²) in [5.41, 5.74) is 0.679. The summed E-state index contributed by atoms with van der Waals surface area (Å²) in [4.78, 5) is 16.3. The van der Waals surface area contributed by atoms with Crippen molar-refractivity contribution >= 4 is 36.4 Å². The monoisotopic (exact) mass is 369 g/mol. The Morgan fingerprint density at radius 3 is 2.54 bits per heavy atom. The number of anilines is 1. The van der Waals surface area contributed by atoms with Crippen molar-refractivity contribution in [2.45, 2.75) is 25.3 Å². The lowest BCUT2D eigenvalue weighted by molar-refractivity contribution is -0.118. The van der Waals surface area contributed by atoms with Crippen LogP contribution in [0.15, 0.2) is 48.7 Å². The number of piperidine rings is 1. The zero-order valence-corrected chi connectivity index (χ0v) is 14.7. The molecule has 1 saturated heterocycles. The average Bonchev–Trinajstić information content (AvgIpc) is 2.58. The molecule has 1 aromatic carbocycles. The fourth-order valence-electron chi connectivity index (χ4n) is 2.43. The number of halogens is 2. The van der Waals surface area contributed by atoms with E-state index in [1.807, 2.05) is 30.3 Å². The normalized spacial score (nSPS) is 16.2. The molecule has 1 atom stereocenters. The highest BCUT2D eigenvalue weighted by Gasteiger charge is 2.20. The summed E-state index contributed by atoms with van der Waals surface area (Å²) < 4.78 is 5.62. The molecule has 1 aliphatic heterocycles. The minimum absolute atomic E-state index is 0. The van der Waals surface area contributed by atoms with Gasteiger partial charge in [0.2, 0.25) is 11.8 Å². The summed E-state index contributed by atoms with van der Waals surface area (Å²) in [6.45, 7) is 0.903. The predicted octanol–water partition coefficient (Wildman–Crippen LogP) is 3.80. The number of nitrogens with one attached hydrogen (secondary N) is 2. The lowest BCUT2D eigenvalue weighted by Crippen LogP contribution is -2.43. The first kappa shape index (κ1) is 20.2. The van der Waals surface area contributed by atoms with E-state index in [1.54, 1.807) is 18.3 Å². The molecule has 130 valence electrons. The van der Waals surface area contributed by atoms with Crippen molar-refractivity contribution in [1.82, 2.24) is 10.3 Å². The number of benzene rings is 1. The molecule has 0 radical (unpaired) electrons. The number of hydrogen-bond donors (Lipinski definition) is 2. The van der Waals surface area contributed by atoms with Gasteiger partial charge in [-0.1, -0.05) is 24.6 Å². The zero-order valence-electron chi connectivity index (χ0n) is 13.1. The molecule has 1 aromatic heterocycles. The minimum atomic E-state index is -0.103. The Balaban J connectivity index is 0.00000144. The lowest BCUT2D eigenvalue weighted by Gasteiger charge is -2.22. The molecule has 0 unspecified atom stereocenters. The molecule has 3 rings (SSSR count). The number of nitrogens with zero attached hydrogens (tertiary/aromatic N) is 1. The van der Waals surface area contributed by atoms with Gasteiger partial charge in [0.25, 0.3) is 0 Å². The van der Waals surface area contributed by atoms with E-state index >= 15 is 0 Å². The van der Waals surface area contributed by atoms with E-state index in [0.717, 1.165) is 31.6 Å². The largest absolute Gasteiger partial charge is 0.439 e. The van der Waals surface area contributed by atoms with Crippen LogP contribution >= 0.6 is 24.8 Å². The Bertz CT molecular complexity index is 617. The fourth-order valence-corrected chi connectivity index (χ4v) is 2.43. The van der Waals surface area contributed by atoms with Crippen molar-refractivity contribution in [3.8, 4) is 11.6 Å². The van der Waals surface area contributed by atoms with Crippen molar-refractivity contribution in [3.63, 3.8) is 0 Å². The quantitative estimate of drug-likeness (QED) is 0.860. The number of pyridine rings is 1. The molecule has 24 heavy (non-hydrogen) atoms. The number of aromatic nitrogens is 1. The molecule has 5 nitrogen and oxygen atoms in total. The van der Waals surface area contributed by atoms with E-state index in [-0.39, 0.29) is 36.8 Å². The van der Waals surface area contributed by atoms with E-state index in [4.69, 9.17) is 4.74 Å². The number of hydrogen-bond acceptors (Lipinski definition) is 4. The fraction of sp³-hybridized carbons (Fsp3) is 0.294. The van der Waals surface area contributed by atoms with Gasteiger partial charge in [-0.25, -0.2) is 4.98 Å². The number of carbonyl (C=O) groups is 1. The third-order valence-electron chi connectivity index (χ3n) is 3.60. The van der Waals surface area contributed by atoms with Crippen LogP contribution in [0, 0.1) is 0 Å². The molecule has 7 heteroatoms. The smallest absolute Gasteiger partial charge is 0.241 e.